The van der Waals surface area contributed by atoms with Crippen molar-refractivity contribution in [3.63, 3.8) is 0 Å². The van der Waals surface area contributed by atoms with Crippen LogP contribution in [0.1, 0.15) is 22.8 Å². The lowest BCUT2D eigenvalue weighted by Gasteiger charge is -2.13. The van der Waals surface area contributed by atoms with Gasteiger partial charge in [0, 0.05) is 21.8 Å². The Morgan fingerprint density at radius 2 is 1.57 bits per heavy atom. The normalized spacial score (nSPS) is 11.6. The van der Waals surface area contributed by atoms with Crippen molar-refractivity contribution in [3.8, 4) is 0 Å². The van der Waals surface area contributed by atoms with Gasteiger partial charge in [0.2, 0.25) is 5.91 Å². The van der Waals surface area contributed by atoms with Gasteiger partial charge in [-0.2, -0.15) is 0 Å². The molecule has 30 heavy (non-hydrogen) atoms. The maximum atomic E-state index is 12.4. The highest BCUT2D eigenvalue weighted by molar-refractivity contribution is 8.00. The quantitative estimate of drug-likeness (QED) is 0.405. The fraction of sp³-hybridized carbons (Fsp3) is 0.130. The molecule has 2 amide bonds. The number of halogens is 2. The van der Waals surface area contributed by atoms with Crippen LogP contribution in [-0.2, 0) is 4.79 Å². The minimum atomic E-state index is -0.327. The van der Waals surface area contributed by atoms with Crippen LogP contribution < -0.4 is 10.6 Å². The summed E-state index contributed by atoms with van der Waals surface area (Å²) in [5.74, 6) is -0.302. The number of rotatable bonds is 6. The first-order chi connectivity index (χ1) is 14.3. The number of nitrogens with one attached hydrogen (secondary N) is 2. The molecule has 0 aliphatic carbocycles. The van der Waals surface area contributed by atoms with Crippen LogP contribution in [0.5, 0.6) is 0 Å². The molecule has 1 atom stereocenters. The molecule has 2 N–H and O–H groups in total. The minimum Gasteiger partial charge on any atom is -0.325 e. The van der Waals surface area contributed by atoms with Crippen molar-refractivity contribution in [3.05, 3.63) is 87.9 Å². The lowest BCUT2D eigenvalue weighted by atomic mass is 10.1. The molecule has 0 saturated carbocycles. The third-order valence-corrected chi connectivity index (χ3v) is 6.11. The summed E-state index contributed by atoms with van der Waals surface area (Å²) in [5.41, 5.74) is 2.93. The zero-order chi connectivity index (χ0) is 21.7. The van der Waals surface area contributed by atoms with Gasteiger partial charge in [-0.15, -0.1) is 11.8 Å². The number of benzene rings is 3. The lowest BCUT2D eigenvalue weighted by molar-refractivity contribution is -0.115. The van der Waals surface area contributed by atoms with Crippen LogP contribution in [0.4, 0.5) is 11.4 Å². The lowest BCUT2D eigenvalue weighted by Crippen LogP contribution is -2.22. The van der Waals surface area contributed by atoms with E-state index in [0.29, 0.717) is 27.0 Å². The number of hydrogen-bond donors (Lipinski definition) is 2. The monoisotopic (exact) mass is 458 g/mol. The van der Waals surface area contributed by atoms with E-state index >= 15 is 0 Å². The maximum Gasteiger partial charge on any atom is 0.255 e. The molecule has 154 valence electrons. The zero-order valence-corrected chi connectivity index (χ0v) is 18.7. The van der Waals surface area contributed by atoms with Crippen molar-refractivity contribution in [1.82, 2.24) is 0 Å². The number of carbonyl (C=O) groups excluding carboxylic acids is 2. The molecular formula is C23H20Cl2N2O2S. The second kappa shape index (κ2) is 10.0. The van der Waals surface area contributed by atoms with Gasteiger partial charge in [-0.3, -0.25) is 9.59 Å². The molecule has 0 aliphatic rings. The molecule has 1 unspecified atom stereocenters. The van der Waals surface area contributed by atoms with Crippen molar-refractivity contribution in [1.29, 1.82) is 0 Å². The highest BCUT2D eigenvalue weighted by Crippen LogP contribution is 2.28. The summed E-state index contributed by atoms with van der Waals surface area (Å²) in [6.07, 6.45) is 0. The molecule has 0 aromatic heterocycles. The van der Waals surface area contributed by atoms with Gasteiger partial charge in [-0.25, -0.2) is 0 Å². The predicted octanol–water partition coefficient (Wildman–Crippen LogP) is 6.67. The summed E-state index contributed by atoms with van der Waals surface area (Å²) in [6.45, 7) is 3.77. The molecule has 3 aromatic rings. The van der Waals surface area contributed by atoms with Crippen molar-refractivity contribution < 1.29 is 9.59 Å². The molecule has 0 aliphatic heterocycles. The number of anilines is 2. The van der Waals surface area contributed by atoms with E-state index in [0.717, 1.165) is 10.5 Å². The topological polar surface area (TPSA) is 58.2 Å². The van der Waals surface area contributed by atoms with Gasteiger partial charge in [0.25, 0.3) is 5.91 Å². The van der Waals surface area contributed by atoms with Crippen molar-refractivity contribution >= 4 is 58.2 Å². The fourth-order valence-corrected chi connectivity index (χ4v) is 3.85. The number of aryl methyl sites for hydroxylation is 1. The van der Waals surface area contributed by atoms with Gasteiger partial charge in [-0.05, 0) is 68.4 Å². The van der Waals surface area contributed by atoms with Crippen LogP contribution in [-0.4, -0.2) is 17.1 Å². The Labute approximate surface area is 190 Å². The highest BCUT2D eigenvalue weighted by Gasteiger charge is 2.15. The summed E-state index contributed by atoms with van der Waals surface area (Å²) in [7, 11) is 0. The minimum absolute atomic E-state index is 0.143. The zero-order valence-electron chi connectivity index (χ0n) is 16.4. The molecule has 3 rings (SSSR count). The van der Waals surface area contributed by atoms with Crippen LogP contribution in [0.15, 0.2) is 71.6 Å². The molecule has 4 nitrogen and oxygen atoms in total. The molecule has 7 heteroatoms. The highest BCUT2D eigenvalue weighted by atomic mass is 35.5. The van der Waals surface area contributed by atoms with Gasteiger partial charge in [0.05, 0.1) is 15.3 Å². The SMILES string of the molecule is Cc1cccc(C(=O)Nc2ccc(SC(C)C(=O)Nc3ccc(Cl)c(Cl)c3)cc2)c1. The Kier molecular flexibility index (Phi) is 7.43. The van der Waals surface area contributed by atoms with E-state index in [2.05, 4.69) is 10.6 Å². The Bertz CT molecular complexity index is 1070. The van der Waals surface area contributed by atoms with Crippen molar-refractivity contribution in [2.75, 3.05) is 10.6 Å². The van der Waals surface area contributed by atoms with E-state index in [1.54, 1.807) is 24.3 Å². The van der Waals surface area contributed by atoms with Crippen molar-refractivity contribution in [2.24, 2.45) is 0 Å². The molecule has 0 radical (unpaired) electrons. The summed E-state index contributed by atoms with van der Waals surface area (Å²) >= 11 is 13.3. The van der Waals surface area contributed by atoms with Gasteiger partial charge in [0.15, 0.2) is 0 Å². The summed E-state index contributed by atoms with van der Waals surface area (Å²) < 4.78 is 0. The Hall–Kier alpha value is -2.47. The Morgan fingerprint density at radius 1 is 0.867 bits per heavy atom. The molecule has 0 fully saturated rings. The van der Waals surface area contributed by atoms with Gasteiger partial charge >= 0.3 is 0 Å². The van der Waals surface area contributed by atoms with Gasteiger partial charge in [0.1, 0.15) is 0 Å². The summed E-state index contributed by atoms with van der Waals surface area (Å²) in [5, 5.41) is 6.21. The average molecular weight is 459 g/mol. The van der Waals surface area contributed by atoms with E-state index in [1.165, 1.54) is 11.8 Å². The smallest absolute Gasteiger partial charge is 0.255 e. The Balaban J connectivity index is 1.57. The second-order valence-electron chi connectivity index (χ2n) is 6.73. The largest absolute Gasteiger partial charge is 0.325 e. The fourth-order valence-electron chi connectivity index (χ4n) is 2.68. The van der Waals surface area contributed by atoms with Crippen LogP contribution in [0.3, 0.4) is 0 Å². The third kappa shape index (κ3) is 6.02. The van der Waals surface area contributed by atoms with Crippen LogP contribution in [0.25, 0.3) is 0 Å². The molecule has 0 saturated heterocycles. The number of amides is 2. The summed E-state index contributed by atoms with van der Waals surface area (Å²) in [6, 6.07) is 19.8. The predicted molar refractivity (Wildman–Crippen MR) is 126 cm³/mol. The molecule has 0 bridgehead atoms. The first-order valence-corrected chi connectivity index (χ1v) is 10.9. The van der Waals surface area contributed by atoms with Crippen LogP contribution in [0, 0.1) is 6.92 Å². The van der Waals surface area contributed by atoms with E-state index in [4.69, 9.17) is 23.2 Å². The van der Waals surface area contributed by atoms with Gasteiger partial charge < -0.3 is 10.6 Å². The third-order valence-electron chi connectivity index (χ3n) is 4.26. The van der Waals surface area contributed by atoms with Crippen LogP contribution >= 0.6 is 35.0 Å². The summed E-state index contributed by atoms with van der Waals surface area (Å²) in [4.78, 5) is 25.7. The van der Waals surface area contributed by atoms with E-state index < -0.39 is 0 Å². The molecule has 3 aromatic carbocycles. The molecular weight excluding hydrogens is 439 g/mol. The van der Waals surface area contributed by atoms with Crippen LogP contribution in [0.2, 0.25) is 10.0 Å². The van der Waals surface area contributed by atoms with E-state index in [9.17, 15) is 9.59 Å². The Morgan fingerprint density at radius 3 is 2.23 bits per heavy atom. The van der Waals surface area contributed by atoms with Crippen molar-refractivity contribution in [2.45, 2.75) is 24.0 Å². The van der Waals surface area contributed by atoms with Gasteiger partial charge in [-0.1, -0.05) is 40.9 Å². The van der Waals surface area contributed by atoms with E-state index in [-0.39, 0.29) is 17.1 Å². The standard InChI is InChI=1S/C23H20Cl2N2O2S/c1-14-4-3-5-16(12-14)23(29)26-17-6-9-19(10-7-17)30-15(2)22(28)27-18-8-11-20(24)21(25)13-18/h3-13,15H,1-2H3,(H,26,29)(H,27,28). The molecule has 0 heterocycles. The first-order valence-electron chi connectivity index (χ1n) is 9.22. The number of hydrogen-bond acceptors (Lipinski definition) is 3. The maximum absolute atomic E-state index is 12.4. The second-order valence-corrected chi connectivity index (χ2v) is 8.95. The first kappa shape index (κ1) is 22.2. The average Bonchev–Trinajstić information content (AvgIpc) is 2.72. The number of carbonyl (C=O) groups is 2. The number of thioether (sulfide) groups is 1. The molecule has 0 spiro atoms. The van der Waals surface area contributed by atoms with E-state index in [1.807, 2.05) is 56.3 Å².